The third-order valence-corrected chi connectivity index (χ3v) is 7.26. The van der Waals surface area contributed by atoms with Crippen LogP contribution in [0.3, 0.4) is 0 Å². The second kappa shape index (κ2) is 8.69. The summed E-state index contributed by atoms with van der Waals surface area (Å²) in [5, 5.41) is 8.43. The number of carbonyl (C=O) groups excluding carboxylic acids is 1. The van der Waals surface area contributed by atoms with Gasteiger partial charge in [0.15, 0.2) is 15.6 Å². The zero-order chi connectivity index (χ0) is 21.2. The molecule has 1 atom stereocenters. The van der Waals surface area contributed by atoms with E-state index in [1.807, 2.05) is 0 Å². The molecule has 1 fully saturated rings. The summed E-state index contributed by atoms with van der Waals surface area (Å²) in [5.74, 6) is -3.08. The largest absolute Gasteiger partial charge is 0.463 e. The molecule has 160 valence electrons. The first-order chi connectivity index (χ1) is 13.7. The Morgan fingerprint density at radius 1 is 1.38 bits per heavy atom. The number of aliphatic hydroxyl groups is 1. The van der Waals surface area contributed by atoms with Crippen LogP contribution >= 0.6 is 11.6 Å². The van der Waals surface area contributed by atoms with Gasteiger partial charge in [-0.05, 0) is 37.1 Å². The lowest BCUT2D eigenvalue weighted by atomic mass is 9.93. The fraction of sp³-hybridized carbons (Fsp3) is 0.526. The average Bonchev–Trinajstić information content (AvgIpc) is 2.66. The van der Waals surface area contributed by atoms with Gasteiger partial charge in [0, 0.05) is 11.4 Å². The standard InChI is InChI=1S/C19H22ClFO7S/c1-2-26-18(23)15-8-19(27-9-14(22)10-28-19)6-5-17(15)29(24,25)11-12-3-4-13(21)7-16(12)20/h3-4,7-8,14,17,22H,2,5-6,9-11H2,1H3. The third kappa shape index (κ3) is 4.97. The number of rotatable bonds is 5. The monoisotopic (exact) mass is 448 g/mol. The molecule has 1 aromatic rings. The SMILES string of the molecule is CCOC(=O)C1=CC2(CCC1S(=O)(=O)Cc1ccc(F)cc1Cl)OCC(O)CO2. The number of ether oxygens (including phenoxy) is 3. The molecular formula is C19H22ClFO7S. The molecule has 1 aromatic carbocycles. The van der Waals surface area contributed by atoms with Crippen molar-refractivity contribution in [2.45, 2.75) is 42.7 Å². The van der Waals surface area contributed by atoms with E-state index in [2.05, 4.69) is 0 Å². The summed E-state index contributed by atoms with van der Waals surface area (Å²) in [6.45, 7) is 1.70. The molecular weight excluding hydrogens is 427 g/mol. The van der Waals surface area contributed by atoms with Gasteiger partial charge < -0.3 is 19.3 Å². The van der Waals surface area contributed by atoms with E-state index in [0.717, 1.165) is 12.1 Å². The topological polar surface area (TPSA) is 99.1 Å². The van der Waals surface area contributed by atoms with E-state index in [1.165, 1.54) is 12.1 Å². The fourth-order valence-electron chi connectivity index (χ4n) is 3.42. The van der Waals surface area contributed by atoms with Crippen LogP contribution < -0.4 is 0 Å². The van der Waals surface area contributed by atoms with Crippen molar-refractivity contribution in [3.05, 3.63) is 46.3 Å². The fourth-order valence-corrected chi connectivity index (χ4v) is 5.64. The molecule has 1 aliphatic carbocycles. The Labute approximate surface area is 173 Å². The van der Waals surface area contributed by atoms with Gasteiger partial charge in [-0.15, -0.1) is 0 Å². The van der Waals surface area contributed by atoms with Crippen LogP contribution in [0.1, 0.15) is 25.3 Å². The number of halogens is 2. The second-order valence-electron chi connectivity index (χ2n) is 6.98. The average molecular weight is 449 g/mol. The Morgan fingerprint density at radius 3 is 2.69 bits per heavy atom. The van der Waals surface area contributed by atoms with E-state index < -0.39 is 44.5 Å². The lowest BCUT2D eigenvalue weighted by Gasteiger charge is -2.41. The maximum atomic E-state index is 13.3. The zero-order valence-electron chi connectivity index (χ0n) is 15.8. The minimum atomic E-state index is -3.89. The van der Waals surface area contributed by atoms with Gasteiger partial charge in [-0.3, -0.25) is 0 Å². The first kappa shape index (κ1) is 22.2. The number of aliphatic hydroxyl groups excluding tert-OH is 1. The zero-order valence-corrected chi connectivity index (χ0v) is 17.3. The summed E-state index contributed by atoms with van der Waals surface area (Å²) >= 11 is 5.98. The molecule has 1 spiro atoms. The lowest BCUT2D eigenvalue weighted by Crippen LogP contribution is -2.49. The van der Waals surface area contributed by atoms with Gasteiger partial charge in [0.25, 0.3) is 0 Å². The Kier molecular flexibility index (Phi) is 6.64. The van der Waals surface area contributed by atoms with E-state index in [0.29, 0.717) is 0 Å². The minimum Gasteiger partial charge on any atom is -0.463 e. The van der Waals surface area contributed by atoms with Gasteiger partial charge in [0.2, 0.25) is 0 Å². The number of benzene rings is 1. The van der Waals surface area contributed by atoms with Crippen LogP contribution in [0, 0.1) is 5.82 Å². The summed E-state index contributed by atoms with van der Waals surface area (Å²) in [4.78, 5) is 12.5. The van der Waals surface area contributed by atoms with Gasteiger partial charge in [-0.2, -0.15) is 0 Å². The summed E-state index contributed by atoms with van der Waals surface area (Å²) in [5.41, 5.74) is 0.164. The van der Waals surface area contributed by atoms with Crippen LogP contribution in [-0.2, 0) is 34.6 Å². The van der Waals surface area contributed by atoms with Crippen molar-refractivity contribution in [3.63, 3.8) is 0 Å². The highest BCUT2D eigenvalue weighted by Crippen LogP contribution is 2.38. The molecule has 0 aromatic heterocycles. The molecule has 7 nitrogen and oxygen atoms in total. The van der Waals surface area contributed by atoms with E-state index in [1.54, 1.807) is 6.92 Å². The number of hydrogen-bond acceptors (Lipinski definition) is 7. The smallest absolute Gasteiger partial charge is 0.335 e. The van der Waals surface area contributed by atoms with Crippen LogP contribution in [0.4, 0.5) is 4.39 Å². The van der Waals surface area contributed by atoms with Crippen molar-refractivity contribution in [3.8, 4) is 0 Å². The van der Waals surface area contributed by atoms with E-state index in [9.17, 15) is 22.7 Å². The van der Waals surface area contributed by atoms with Crippen molar-refractivity contribution in [1.29, 1.82) is 0 Å². The van der Waals surface area contributed by atoms with Gasteiger partial charge in [0.1, 0.15) is 11.9 Å². The number of carbonyl (C=O) groups is 1. The van der Waals surface area contributed by atoms with Crippen LogP contribution in [-0.4, -0.2) is 56.5 Å². The highest BCUT2D eigenvalue weighted by Gasteiger charge is 2.46. The van der Waals surface area contributed by atoms with Crippen LogP contribution in [0.15, 0.2) is 29.8 Å². The van der Waals surface area contributed by atoms with Crippen LogP contribution in [0.25, 0.3) is 0 Å². The van der Waals surface area contributed by atoms with Gasteiger partial charge >= 0.3 is 5.97 Å². The van der Waals surface area contributed by atoms with Crippen molar-refractivity contribution >= 4 is 27.4 Å². The minimum absolute atomic E-state index is 0.00421. The summed E-state index contributed by atoms with van der Waals surface area (Å²) < 4.78 is 55.7. The van der Waals surface area contributed by atoms with Gasteiger partial charge in [-0.25, -0.2) is 17.6 Å². The van der Waals surface area contributed by atoms with Crippen molar-refractivity contribution in [1.82, 2.24) is 0 Å². The third-order valence-electron chi connectivity index (χ3n) is 4.83. The molecule has 1 aliphatic heterocycles. The maximum absolute atomic E-state index is 13.3. The van der Waals surface area contributed by atoms with Gasteiger partial charge in [-0.1, -0.05) is 17.7 Å². The lowest BCUT2D eigenvalue weighted by molar-refractivity contribution is -0.270. The predicted molar refractivity (Wildman–Crippen MR) is 102 cm³/mol. The molecule has 1 heterocycles. The van der Waals surface area contributed by atoms with E-state index in [-0.39, 0.29) is 48.8 Å². The normalized spacial score (nSPS) is 27.5. The Balaban J connectivity index is 1.92. The van der Waals surface area contributed by atoms with Crippen LogP contribution in [0.5, 0.6) is 0 Å². The molecule has 1 N–H and O–H groups in total. The molecule has 2 aliphatic rings. The molecule has 0 saturated carbocycles. The first-order valence-corrected chi connectivity index (χ1v) is 11.3. The summed E-state index contributed by atoms with van der Waals surface area (Å²) in [7, 11) is -3.89. The number of esters is 1. The quantitative estimate of drug-likeness (QED) is 0.689. The highest BCUT2D eigenvalue weighted by atomic mass is 35.5. The molecule has 1 unspecified atom stereocenters. The molecule has 10 heteroatoms. The Morgan fingerprint density at radius 2 is 2.07 bits per heavy atom. The second-order valence-corrected chi connectivity index (χ2v) is 9.57. The van der Waals surface area contributed by atoms with Crippen molar-refractivity contribution in [2.24, 2.45) is 0 Å². The van der Waals surface area contributed by atoms with E-state index >= 15 is 0 Å². The molecule has 0 bridgehead atoms. The first-order valence-electron chi connectivity index (χ1n) is 9.17. The number of sulfone groups is 1. The Hall–Kier alpha value is -1.52. The van der Waals surface area contributed by atoms with Gasteiger partial charge in [0.05, 0.1) is 36.4 Å². The molecule has 29 heavy (non-hydrogen) atoms. The van der Waals surface area contributed by atoms with E-state index in [4.69, 9.17) is 25.8 Å². The molecule has 0 amide bonds. The molecule has 0 radical (unpaired) electrons. The highest BCUT2D eigenvalue weighted by molar-refractivity contribution is 7.91. The Bertz CT molecular complexity index is 907. The maximum Gasteiger partial charge on any atom is 0.335 e. The predicted octanol–water partition coefficient (Wildman–Crippen LogP) is 2.15. The number of hydrogen-bond donors (Lipinski definition) is 1. The van der Waals surface area contributed by atoms with Crippen molar-refractivity contribution in [2.75, 3.05) is 19.8 Å². The molecule has 3 rings (SSSR count). The summed E-state index contributed by atoms with van der Waals surface area (Å²) in [6, 6.07) is 3.48. The summed E-state index contributed by atoms with van der Waals surface area (Å²) in [6.07, 6.45) is 0.794. The van der Waals surface area contributed by atoms with Crippen molar-refractivity contribution < 1.29 is 36.9 Å². The van der Waals surface area contributed by atoms with Crippen LogP contribution in [0.2, 0.25) is 5.02 Å². The molecule has 1 saturated heterocycles.